The van der Waals surface area contributed by atoms with Gasteiger partial charge in [0, 0.05) is 19.6 Å². The lowest BCUT2D eigenvalue weighted by Gasteiger charge is -2.33. The zero-order chi connectivity index (χ0) is 15.4. The number of benzene rings is 1. The molecule has 1 heterocycles. The Balaban J connectivity index is 1.93. The van der Waals surface area contributed by atoms with Crippen molar-refractivity contribution in [3.05, 3.63) is 41.5 Å². The topological polar surface area (TPSA) is 40.5 Å². The number of carboxylic acids is 1. The van der Waals surface area contributed by atoms with Gasteiger partial charge >= 0.3 is 5.97 Å². The van der Waals surface area contributed by atoms with E-state index in [-0.39, 0.29) is 5.92 Å². The van der Waals surface area contributed by atoms with E-state index >= 15 is 0 Å². The third-order valence-electron chi connectivity index (χ3n) is 3.70. The first-order valence-electron chi connectivity index (χ1n) is 7.02. The molecule has 0 spiro atoms. The highest BCUT2D eigenvalue weighted by atomic mass is 19.2. The van der Waals surface area contributed by atoms with Gasteiger partial charge in [0.2, 0.25) is 0 Å². The van der Waals surface area contributed by atoms with Gasteiger partial charge in [0.1, 0.15) is 0 Å². The molecule has 3 nitrogen and oxygen atoms in total. The van der Waals surface area contributed by atoms with Crippen LogP contribution in [0.25, 0.3) is 6.08 Å². The van der Waals surface area contributed by atoms with Crippen molar-refractivity contribution in [2.75, 3.05) is 19.6 Å². The zero-order valence-electron chi connectivity index (χ0n) is 11.9. The van der Waals surface area contributed by atoms with Crippen LogP contribution in [0.1, 0.15) is 18.9 Å². The van der Waals surface area contributed by atoms with Crippen LogP contribution >= 0.6 is 0 Å². The molecule has 2 rings (SSSR count). The van der Waals surface area contributed by atoms with Crippen LogP contribution in [0.5, 0.6) is 0 Å². The molecule has 2 atom stereocenters. The third kappa shape index (κ3) is 4.36. The van der Waals surface area contributed by atoms with E-state index in [2.05, 4.69) is 4.90 Å². The average Bonchev–Trinajstić information content (AvgIpc) is 2.42. The highest BCUT2D eigenvalue weighted by molar-refractivity contribution is 5.70. The maximum absolute atomic E-state index is 13.1. The zero-order valence-corrected chi connectivity index (χ0v) is 11.9. The lowest BCUT2D eigenvalue weighted by atomic mass is 9.90. The average molecular weight is 295 g/mol. The van der Waals surface area contributed by atoms with Crippen molar-refractivity contribution < 1.29 is 18.7 Å². The van der Waals surface area contributed by atoms with Crippen LogP contribution in [0.2, 0.25) is 0 Å². The first-order valence-corrected chi connectivity index (χ1v) is 7.02. The van der Waals surface area contributed by atoms with Gasteiger partial charge in [0.25, 0.3) is 0 Å². The molecule has 1 aromatic rings. The third-order valence-corrected chi connectivity index (χ3v) is 3.70. The molecule has 1 saturated heterocycles. The van der Waals surface area contributed by atoms with Crippen molar-refractivity contribution in [2.24, 2.45) is 11.8 Å². The number of hydrogen-bond donors (Lipinski definition) is 1. The Bertz CT molecular complexity index is 545. The highest BCUT2D eigenvalue weighted by Gasteiger charge is 2.28. The molecule has 2 unspecified atom stereocenters. The fourth-order valence-electron chi connectivity index (χ4n) is 2.74. The number of halogens is 2. The largest absolute Gasteiger partial charge is 0.481 e. The van der Waals surface area contributed by atoms with E-state index in [1.54, 1.807) is 6.08 Å². The fourth-order valence-corrected chi connectivity index (χ4v) is 2.74. The maximum Gasteiger partial charge on any atom is 0.307 e. The van der Waals surface area contributed by atoms with E-state index in [1.165, 1.54) is 6.07 Å². The number of piperidine rings is 1. The summed E-state index contributed by atoms with van der Waals surface area (Å²) in [4.78, 5) is 13.2. The van der Waals surface area contributed by atoms with E-state index in [9.17, 15) is 13.6 Å². The van der Waals surface area contributed by atoms with E-state index in [0.717, 1.165) is 18.7 Å². The number of carbonyl (C=O) groups is 1. The van der Waals surface area contributed by atoms with Crippen molar-refractivity contribution in [3.63, 3.8) is 0 Å². The number of rotatable bonds is 4. The Morgan fingerprint density at radius 3 is 2.81 bits per heavy atom. The first-order chi connectivity index (χ1) is 9.95. The Morgan fingerprint density at radius 1 is 1.38 bits per heavy atom. The van der Waals surface area contributed by atoms with Crippen LogP contribution < -0.4 is 0 Å². The van der Waals surface area contributed by atoms with E-state index in [0.29, 0.717) is 31.0 Å². The van der Waals surface area contributed by atoms with Gasteiger partial charge in [0.05, 0.1) is 5.92 Å². The maximum atomic E-state index is 13.1. The number of likely N-dealkylation sites (tertiary alicyclic amines) is 1. The van der Waals surface area contributed by atoms with Crippen LogP contribution in [-0.2, 0) is 4.79 Å². The van der Waals surface area contributed by atoms with Crippen LogP contribution in [0.4, 0.5) is 8.78 Å². The highest BCUT2D eigenvalue weighted by Crippen LogP contribution is 2.21. The SMILES string of the molecule is CC1CC(C(=O)O)CN(C/C=C/c2ccc(F)c(F)c2)C1. The lowest BCUT2D eigenvalue weighted by Crippen LogP contribution is -2.42. The van der Waals surface area contributed by atoms with Crippen molar-refractivity contribution in [1.29, 1.82) is 0 Å². The van der Waals surface area contributed by atoms with Gasteiger partial charge in [-0.2, -0.15) is 0 Å². The first kappa shape index (κ1) is 15.6. The second-order valence-electron chi connectivity index (χ2n) is 5.67. The molecule has 1 aliphatic rings. The Labute approximate surface area is 122 Å². The van der Waals surface area contributed by atoms with Gasteiger partial charge in [-0.05, 0) is 30.0 Å². The van der Waals surface area contributed by atoms with E-state index < -0.39 is 17.6 Å². The van der Waals surface area contributed by atoms with Gasteiger partial charge in [0.15, 0.2) is 11.6 Å². The smallest absolute Gasteiger partial charge is 0.307 e. The fraction of sp³-hybridized carbons (Fsp3) is 0.438. The summed E-state index contributed by atoms with van der Waals surface area (Å²) in [6.45, 7) is 4.03. The van der Waals surface area contributed by atoms with Crippen molar-refractivity contribution in [1.82, 2.24) is 4.90 Å². The van der Waals surface area contributed by atoms with E-state index in [4.69, 9.17) is 5.11 Å². The molecule has 1 aliphatic heterocycles. The minimum atomic E-state index is -0.866. The predicted molar refractivity (Wildman–Crippen MR) is 76.7 cm³/mol. The Hall–Kier alpha value is -1.75. The second kappa shape index (κ2) is 6.80. The Kier molecular flexibility index (Phi) is 5.07. The summed E-state index contributed by atoms with van der Waals surface area (Å²) in [6.07, 6.45) is 4.28. The van der Waals surface area contributed by atoms with Gasteiger partial charge in [-0.3, -0.25) is 9.69 Å². The minimum Gasteiger partial charge on any atom is -0.481 e. The monoisotopic (exact) mass is 295 g/mol. The van der Waals surface area contributed by atoms with Crippen LogP contribution in [0.3, 0.4) is 0 Å². The Morgan fingerprint density at radius 2 is 2.14 bits per heavy atom. The molecule has 0 aromatic heterocycles. The molecule has 21 heavy (non-hydrogen) atoms. The van der Waals surface area contributed by atoms with Gasteiger partial charge in [-0.25, -0.2) is 8.78 Å². The van der Waals surface area contributed by atoms with Crippen LogP contribution in [-0.4, -0.2) is 35.6 Å². The predicted octanol–water partition coefficient (Wildman–Crippen LogP) is 3.02. The molecule has 5 heteroatoms. The normalized spacial score (nSPS) is 23.6. The van der Waals surface area contributed by atoms with Crippen molar-refractivity contribution >= 4 is 12.0 Å². The summed E-state index contributed by atoms with van der Waals surface area (Å²) < 4.78 is 25.9. The standard InChI is InChI=1S/C16H19F2NO2/c1-11-7-13(16(20)21)10-19(9-11)6-2-3-12-4-5-14(17)15(18)8-12/h2-5,8,11,13H,6-7,9-10H2,1H3,(H,20,21)/b3-2+. The molecule has 1 N–H and O–H groups in total. The molecular formula is C16H19F2NO2. The minimum absolute atomic E-state index is 0.328. The van der Waals surface area contributed by atoms with Crippen molar-refractivity contribution in [2.45, 2.75) is 13.3 Å². The number of nitrogens with zero attached hydrogens (tertiary/aromatic N) is 1. The summed E-state index contributed by atoms with van der Waals surface area (Å²) in [5.74, 6) is -2.46. The second-order valence-corrected chi connectivity index (χ2v) is 5.67. The van der Waals surface area contributed by atoms with Crippen molar-refractivity contribution in [3.8, 4) is 0 Å². The molecule has 0 saturated carbocycles. The molecule has 0 amide bonds. The molecule has 114 valence electrons. The van der Waals surface area contributed by atoms with Crippen LogP contribution in [0, 0.1) is 23.5 Å². The molecule has 0 radical (unpaired) electrons. The summed E-state index contributed by atoms with van der Waals surface area (Å²) in [6, 6.07) is 3.75. The van der Waals surface area contributed by atoms with Crippen LogP contribution in [0.15, 0.2) is 24.3 Å². The lowest BCUT2D eigenvalue weighted by molar-refractivity contribution is -0.144. The molecule has 0 aliphatic carbocycles. The summed E-state index contributed by atoms with van der Waals surface area (Å²) in [5, 5.41) is 9.11. The number of carboxylic acid groups (broad SMARTS) is 1. The molecule has 1 aromatic carbocycles. The van der Waals surface area contributed by atoms with Gasteiger partial charge in [-0.1, -0.05) is 25.1 Å². The van der Waals surface area contributed by atoms with Gasteiger partial charge in [-0.15, -0.1) is 0 Å². The number of aliphatic carboxylic acids is 1. The van der Waals surface area contributed by atoms with Gasteiger partial charge < -0.3 is 5.11 Å². The summed E-state index contributed by atoms with van der Waals surface area (Å²) >= 11 is 0. The quantitative estimate of drug-likeness (QED) is 0.928. The van der Waals surface area contributed by atoms with E-state index in [1.807, 2.05) is 13.0 Å². The molecular weight excluding hydrogens is 276 g/mol. The molecule has 1 fully saturated rings. The number of hydrogen-bond acceptors (Lipinski definition) is 2. The molecule has 0 bridgehead atoms. The summed E-state index contributed by atoms with van der Waals surface area (Å²) in [7, 11) is 0. The summed E-state index contributed by atoms with van der Waals surface area (Å²) in [5.41, 5.74) is 0.591.